The molecule has 2 aromatic carbocycles. The summed E-state index contributed by atoms with van der Waals surface area (Å²) in [5.41, 5.74) is 1.47. The molecule has 2 aromatic rings. The van der Waals surface area contributed by atoms with Crippen molar-refractivity contribution < 1.29 is 14.0 Å². The van der Waals surface area contributed by atoms with Crippen LogP contribution in [0, 0.1) is 11.2 Å². The lowest BCUT2D eigenvalue weighted by Crippen LogP contribution is -2.45. The van der Waals surface area contributed by atoms with E-state index in [9.17, 15) is 14.0 Å². The molecular formula is C24H29FN4O2. The zero-order valence-corrected chi connectivity index (χ0v) is 17.9. The average molecular weight is 425 g/mol. The highest BCUT2D eigenvalue weighted by molar-refractivity contribution is 5.89. The number of likely N-dealkylation sites (tertiary alicyclic amines) is 1. The molecule has 7 heteroatoms. The monoisotopic (exact) mass is 424 g/mol. The first-order chi connectivity index (χ1) is 15.0. The summed E-state index contributed by atoms with van der Waals surface area (Å²) in [4.78, 5) is 31.7. The van der Waals surface area contributed by atoms with Crippen LogP contribution in [0.25, 0.3) is 0 Å². The van der Waals surface area contributed by atoms with Crippen LogP contribution in [0.1, 0.15) is 18.9 Å². The van der Waals surface area contributed by atoms with Crippen molar-refractivity contribution >= 4 is 17.6 Å². The topological polar surface area (TPSA) is 55.9 Å². The van der Waals surface area contributed by atoms with E-state index in [1.165, 1.54) is 12.1 Å². The molecule has 164 valence electrons. The number of amides is 3. The maximum absolute atomic E-state index is 13.3. The Bertz CT molecular complexity index is 921. The molecule has 0 radical (unpaired) electrons. The number of nitrogens with zero attached hydrogens (tertiary/aromatic N) is 3. The van der Waals surface area contributed by atoms with Crippen molar-refractivity contribution in [2.45, 2.75) is 19.9 Å². The highest BCUT2D eigenvalue weighted by Gasteiger charge is 2.46. The minimum Gasteiger partial charge on any atom is -0.342 e. The first kappa shape index (κ1) is 21.3. The molecular weight excluding hydrogens is 395 g/mol. The molecule has 2 aliphatic rings. The third kappa shape index (κ3) is 5.05. The van der Waals surface area contributed by atoms with Gasteiger partial charge >= 0.3 is 6.03 Å². The smallest absolute Gasteiger partial charge is 0.321 e. The van der Waals surface area contributed by atoms with Crippen molar-refractivity contribution in [1.29, 1.82) is 0 Å². The van der Waals surface area contributed by atoms with Crippen LogP contribution >= 0.6 is 0 Å². The van der Waals surface area contributed by atoms with Crippen LogP contribution in [0.2, 0.25) is 0 Å². The number of rotatable bonds is 4. The van der Waals surface area contributed by atoms with Gasteiger partial charge in [-0.15, -0.1) is 0 Å². The lowest BCUT2D eigenvalue weighted by Gasteiger charge is -2.33. The van der Waals surface area contributed by atoms with Gasteiger partial charge in [-0.1, -0.05) is 30.3 Å². The zero-order chi connectivity index (χ0) is 21.8. The summed E-state index contributed by atoms with van der Waals surface area (Å²) in [6, 6.07) is 15.8. The average Bonchev–Trinajstić information content (AvgIpc) is 2.96. The Kier molecular flexibility index (Phi) is 6.23. The number of urea groups is 1. The molecule has 0 bridgehead atoms. The summed E-state index contributed by atoms with van der Waals surface area (Å²) in [6.45, 7) is 6.51. The van der Waals surface area contributed by atoms with Crippen LogP contribution in [-0.4, -0.2) is 65.9 Å². The number of benzene rings is 2. The van der Waals surface area contributed by atoms with Gasteiger partial charge < -0.3 is 15.1 Å². The van der Waals surface area contributed by atoms with Gasteiger partial charge in [0, 0.05) is 63.3 Å². The van der Waals surface area contributed by atoms with Crippen LogP contribution in [-0.2, 0) is 11.3 Å². The van der Waals surface area contributed by atoms with Gasteiger partial charge in [-0.05, 0) is 36.8 Å². The number of halogens is 1. The first-order valence-corrected chi connectivity index (χ1v) is 10.8. The molecule has 4 rings (SSSR count). The molecule has 0 aromatic heterocycles. The second-order valence-corrected chi connectivity index (χ2v) is 8.64. The fourth-order valence-electron chi connectivity index (χ4n) is 4.71. The normalized spacial score (nSPS) is 22.1. The molecule has 31 heavy (non-hydrogen) atoms. The van der Waals surface area contributed by atoms with Gasteiger partial charge in [0.2, 0.25) is 5.91 Å². The Labute approximate surface area is 182 Å². The number of hydrogen-bond acceptors (Lipinski definition) is 3. The largest absolute Gasteiger partial charge is 0.342 e. The van der Waals surface area contributed by atoms with Crippen molar-refractivity contribution in [2.24, 2.45) is 5.41 Å². The van der Waals surface area contributed by atoms with E-state index in [2.05, 4.69) is 10.2 Å². The van der Waals surface area contributed by atoms with Gasteiger partial charge in [0.15, 0.2) is 0 Å². The van der Waals surface area contributed by atoms with Crippen LogP contribution < -0.4 is 5.32 Å². The molecule has 1 spiro atoms. The van der Waals surface area contributed by atoms with E-state index >= 15 is 0 Å². The zero-order valence-electron chi connectivity index (χ0n) is 17.9. The number of para-hydroxylation sites is 1. The van der Waals surface area contributed by atoms with Gasteiger partial charge in [-0.3, -0.25) is 9.69 Å². The lowest BCUT2D eigenvalue weighted by atomic mass is 9.86. The van der Waals surface area contributed by atoms with E-state index in [1.54, 1.807) is 12.1 Å². The van der Waals surface area contributed by atoms with Crippen molar-refractivity contribution in [3.05, 3.63) is 66.0 Å². The number of carbonyl (C=O) groups is 2. The van der Waals surface area contributed by atoms with E-state index in [-0.39, 0.29) is 23.2 Å². The van der Waals surface area contributed by atoms with E-state index < -0.39 is 0 Å². The Balaban J connectivity index is 1.53. The van der Waals surface area contributed by atoms with Gasteiger partial charge in [0.1, 0.15) is 5.82 Å². The summed E-state index contributed by atoms with van der Waals surface area (Å²) in [6.07, 6.45) is 0.440. The van der Waals surface area contributed by atoms with Crippen molar-refractivity contribution in [1.82, 2.24) is 14.7 Å². The summed E-state index contributed by atoms with van der Waals surface area (Å²) < 4.78 is 13.3. The Morgan fingerprint density at radius 2 is 1.77 bits per heavy atom. The van der Waals surface area contributed by atoms with Crippen molar-refractivity contribution in [3.63, 3.8) is 0 Å². The highest BCUT2D eigenvalue weighted by atomic mass is 19.1. The van der Waals surface area contributed by atoms with Crippen LogP contribution in [0.3, 0.4) is 0 Å². The van der Waals surface area contributed by atoms with Gasteiger partial charge in [-0.2, -0.15) is 0 Å². The molecule has 2 aliphatic heterocycles. The lowest BCUT2D eigenvalue weighted by molar-refractivity contribution is -0.127. The molecule has 6 nitrogen and oxygen atoms in total. The highest BCUT2D eigenvalue weighted by Crippen LogP contribution is 2.35. The fourth-order valence-corrected chi connectivity index (χ4v) is 4.71. The van der Waals surface area contributed by atoms with Crippen molar-refractivity contribution in [2.75, 3.05) is 44.6 Å². The molecule has 0 saturated carbocycles. The molecule has 2 fully saturated rings. The van der Waals surface area contributed by atoms with Crippen LogP contribution in [0.5, 0.6) is 0 Å². The van der Waals surface area contributed by atoms with E-state index in [4.69, 9.17) is 0 Å². The summed E-state index contributed by atoms with van der Waals surface area (Å²) in [5.74, 6) is -0.102. The minimum absolute atomic E-state index is 0.142. The van der Waals surface area contributed by atoms with Gasteiger partial charge in [0.25, 0.3) is 0 Å². The van der Waals surface area contributed by atoms with E-state index in [0.717, 1.165) is 17.8 Å². The van der Waals surface area contributed by atoms with E-state index in [0.29, 0.717) is 45.7 Å². The SMILES string of the molecule is CCN1C[C@@]2(CC1=O)CN(Cc1ccc(F)cc1)CCN(C(=O)Nc1ccccc1)C2. The number of anilines is 1. The number of hydrogen-bond donors (Lipinski definition) is 1. The Morgan fingerprint density at radius 3 is 2.45 bits per heavy atom. The Hall–Kier alpha value is -2.93. The summed E-state index contributed by atoms with van der Waals surface area (Å²) in [5, 5.41) is 2.98. The fraction of sp³-hybridized carbons (Fsp3) is 0.417. The molecule has 2 saturated heterocycles. The minimum atomic E-state index is -0.308. The van der Waals surface area contributed by atoms with Crippen molar-refractivity contribution in [3.8, 4) is 0 Å². The third-order valence-electron chi connectivity index (χ3n) is 6.19. The van der Waals surface area contributed by atoms with Crippen LogP contribution in [0.4, 0.5) is 14.9 Å². The predicted octanol–water partition coefficient (Wildman–Crippen LogP) is 3.41. The summed E-state index contributed by atoms with van der Waals surface area (Å²) in [7, 11) is 0. The van der Waals surface area contributed by atoms with Crippen LogP contribution in [0.15, 0.2) is 54.6 Å². The molecule has 3 amide bonds. The van der Waals surface area contributed by atoms with E-state index in [1.807, 2.05) is 47.1 Å². The first-order valence-electron chi connectivity index (χ1n) is 10.8. The molecule has 1 N–H and O–H groups in total. The second kappa shape index (κ2) is 9.06. The quantitative estimate of drug-likeness (QED) is 0.818. The summed E-state index contributed by atoms with van der Waals surface area (Å²) >= 11 is 0. The molecule has 2 heterocycles. The molecule has 0 unspecified atom stereocenters. The van der Waals surface area contributed by atoms with Gasteiger partial charge in [0.05, 0.1) is 0 Å². The van der Waals surface area contributed by atoms with Gasteiger partial charge in [-0.25, -0.2) is 9.18 Å². The standard InChI is InChI=1S/C24H29FN4O2/c1-2-28-17-24(14-22(28)30)16-27(15-19-8-10-20(25)11-9-19)12-13-29(18-24)23(31)26-21-6-4-3-5-7-21/h3-11H,2,12-18H2,1H3,(H,26,31)/t24-/m1/s1. The number of nitrogens with one attached hydrogen (secondary N) is 1. The number of carbonyl (C=O) groups excluding carboxylic acids is 2. The Morgan fingerprint density at radius 1 is 1.03 bits per heavy atom. The second-order valence-electron chi connectivity index (χ2n) is 8.64. The predicted molar refractivity (Wildman–Crippen MR) is 118 cm³/mol. The maximum atomic E-state index is 13.3. The molecule has 0 aliphatic carbocycles. The third-order valence-corrected chi connectivity index (χ3v) is 6.19. The molecule has 1 atom stereocenters. The maximum Gasteiger partial charge on any atom is 0.321 e.